The molecule has 3 aromatic rings. The maximum absolute atomic E-state index is 12.4. The summed E-state index contributed by atoms with van der Waals surface area (Å²) < 4.78 is 20.7. The minimum atomic E-state index is -0.619. The number of aromatic hydroxyl groups is 1. The number of rotatable bonds is 7. The number of anilines is 1. The van der Waals surface area contributed by atoms with Gasteiger partial charge < -0.3 is 29.1 Å². The van der Waals surface area contributed by atoms with Crippen LogP contribution in [0.5, 0.6) is 17.2 Å². The second kappa shape index (κ2) is 8.99. The maximum Gasteiger partial charge on any atom is 0.340 e. The Kier molecular flexibility index (Phi) is 6.39. The van der Waals surface area contributed by atoms with E-state index in [1.807, 2.05) is 6.07 Å². The van der Waals surface area contributed by atoms with E-state index in [2.05, 4.69) is 10.1 Å². The van der Waals surface area contributed by atoms with Crippen molar-refractivity contribution in [1.29, 1.82) is 0 Å². The van der Waals surface area contributed by atoms with E-state index in [0.29, 0.717) is 39.2 Å². The van der Waals surface area contributed by atoms with Gasteiger partial charge in [-0.15, -0.1) is 0 Å². The number of benzene rings is 2. The van der Waals surface area contributed by atoms with Crippen molar-refractivity contribution in [3.8, 4) is 17.2 Å². The van der Waals surface area contributed by atoms with Gasteiger partial charge in [-0.2, -0.15) is 0 Å². The summed E-state index contributed by atoms with van der Waals surface area (Å²) >= 11 is 0. The molecular formula is C23H25NO7. The van der Waals surface area contributed by atoms with Gasteiger partial charge in [0.15, 0.2) is 0 Å². The summed E-state index contributed by atoms with van der Waals surface area (Å²) in [4.78, 5) is 24.1. The number of carbonyl (C=O) groups excluding carboxylic acids is 1. The fourth-order valence-electron chi connectivity index (χ4n) is 3.43. The van der Waals surface area contributed by atoms with Gasteiger partial charge >= 0.3 is 11.6 Å². The summed E-state index contributed by atoms with van der Waals surface area (Å²) in [7, 11) is 4.40. The number of nitrogens with one attached hydrogen (secondary N) is 1. The summed E-state index contributed by atoms with van der Waals surface area (Å²) in [5.41, 5.74) is 2.29. The van der Waals surface area contributed by atoms with Crippen molar-refractivity contribution in [3.63, 3.8) is 0 Å². The van der Waals surface area contributed by atoms with Crippen LogP contribution in [0, 0.1) is 13.8 Å². The van der Waals surface area contributed by atoms with Gasteiger partial charge in [0.25, 0.3) is 0 Å². The van der Waals surface area contributed by atoms with Gasteiger partial charge in [-0.25, -0.2) is 4.79 Å². The molecule has 0 amide bonds. The van der Waals surface area contributed by atoms with E-state index in [9.17, 15) is 14.7 Å². The lowest BCUT2D eigenvalue weighted by Gasteiger charge is -2.16. The standard InChI is InChI=1S/C23H25NO7/c1-12-16-8-14(11-24-18-7-6-15(28-3)9-19(18)29-4)21(26)13(2)22(16)31-23(27)17(12)10-20(25)30-5/h6-9,24,26H,10-11H2,1-5H3. The molecule has 0 spiro atoms. The van der Waals surface area contributed by atoms with Crippen LogP contribution in [-0.2, 0) is 22.5 Å². The third-order valence-corrected chi connectivity index (χ3v) is 5.29. The molecule has 0 radical (unpaired) electrons. The zero-order valence-corrected chi connectivity index (χ0v) is 18.1. The van der Waals surface area contributed by atoms with Crippen molar-refractivity contribution in [2.24, 2.45) is 0 Å². The van der Waals surface area contributed by atoms with Gasteiger partial charge in [-0.05, 0) is 37.6 Å². The highest BCUT2D eigenvalue weighted by molar-refractivity contribution is 5.88. The smallest absolute Gasteiger partial charge is 0.340 e. The lowest BCUT2D eigenvalue weighted by molar-refractivity contribution is -0.139. The molecule has 2 aromatic carbocycles. The highest BCUT2D eigenvalue weighted by Crippen LogP contribution is 2.34. The molecule has 0 unspecified atom stereocenters. The topological polar surface area (TPSA) is 107 Å². The largest absolute Gasteiger partial charge is 0.507 e. The number of ether oxygens (including phenoxy) is 3. The average Bonchev–Trinajstić information content (AvgIpc) is 2.78. The van der Waals surface area contributed by atoms with Gasteiger partial charge in [0.1, 0.15) is 22.8 Å². The Hall–Kier alpha value is -3.68. The molecule has 0 fully saturated rings. The molecule has 8 heteroatoms. The van der Waals surface area contributed by atoms with Crippen LogP contribution in [0.3, 0.4) is 0 Å². The summed E-state index contributed by atoms with van der Waals surface area (Å²) in [6, 6.07) is 7.13. The zero-order valence-electron chi connectivity index (χ0n) is 18.1. The molecule has 0 saturated heterocycles. The van der Waals surface area contributed by atoms with Crippen LogP contribution in [-0.4, -0.2) is 32.4 Å². The quantitative estimate of drug-likeness (QED) is 0.436. The molecular weight excluding hydrogens is 402 g/mol. The van der Waals surface area contributed by atoms with Crippen LogP contribution in [0.1, 0.15) is 22.3 Å². The van der Waals surface area contributed by atoms with Gasteiger partial charge in [0, 0.05) is 29.1 Å². The minimum Gasteiger partial charge on any atom is -0.507 e. The van der Waals surface area contributed by atoms with Gasteiger partial charge in [-0.3, -0.25) is 4.79 Å². The second-order valence-corrected chi connectivity index (χ2v) is 7.05. The summed E-state index contributed by atoms with van der Waals surface area (Å²) in [5.74, 6) is 0.754. The molecule has 3 rings (SSSR count). The lowest BCUT2D eigenvalue weighted by Crippen LogP contribution is -2.16. The minimum absolute atomic E-state index is 0.0238. The first-order valence-corrected chi connectivity index (χ1v) is 9.61. The first-order valence-electron chi connectivity index (χ1n) is 9.61. The molecule has 0 aliphatic heterocycles. The van der Waals surface area contributed by atoms with E-state index >= 15 is 0 Å². The molecule has 0 atom stereocenters. The third kappa shape index (κ3) is 4.28. The molecule has 0 aliphatic carbocycles. The van der Waals surface area contributed by atoms with E-state index in [0.717, 1.165) is 5.69 Å². The number of phenols is 1. The molecule has 1 heterocycles. The second-order valence-electron chi connectivity index (χ2n) is 7.05. The Balaban J connectivity index is 2.02. The predicted molar refractivity (Wildman–Crippen MR) is 116 cm³/mol. The van der Waals surface area contributed by atoms with Crippen LogP contribution >= 0.6 is 0 Å². The van der Waals surface area contributed by atoms with Crippen molar-refractivity contribution in [2.45, 2.75) is 26.8 Å². The zero-order chi connectivity index (χ0) is 22.7. The molecule has 31 heavy (non-hydrogen) atoms. The summed E-state index contributed by atoms with van der Waals surface area (Å²) in [6.07, 6.45) is -0.183. The van der Waals surface area contributed by atoms with Crippen LogP contribution in [0.4, 0.5) is 5.69 Å². The number of methoxy groups -OCH3 is 3. The molecule has 0 saturated carbocycles. The Bertz CT molecular complexity index is 1200. The highest BCUT2D eigenvalue weighted by atomic mass is 16.5. The predicted octanol–water partition coefficient (Wildman–Crippen LogP) is 3.46. The molecule has 164 valence electrons. The average molecular weight is 427 g/mol. The van der Waals surface area contributed by atoms with Crippen LogP contribution < -0.4 is 20.4 Å². The van der Waals surface area contributed by atoms with Crippen LogP contribution in [0.25, 0.3) is 11.0 Å². The van der Waals surface area contributed by atoms with Crippen LogP contribution in [0.15, 0.2) is 33.5 Å². The molecule has 0 aliphatic rings. The van der Waals surface area contributed by atoms with Crippen molar-refractivity contribution >= 4 is 22.6 Å². The monoisotopic (exact) mass is 427 g/mol. The number of phenolic OH excluding ortho intramolecular Hbond substituents is 1. The fourth-order valence-corrected chi connectivity index (χ4v) is 3.43. The first-order chi connectivity index (χ1) is 14.8. The van der Waals surface area contributed by atoms with Crippen molar-refractivity contribution < 1.29 is 28.5 Å². The van der Waals surface area contributed by atoms with Gasteiger partial charge in [0.2, 0.25) is 0 Å². The van der Waals surface area contributed by atoms with Gasteiger partial charge in [0.05, 0.1) is 39.0 Å². The van der Waals surface area contributed by atoms with Crippen molar-refractivity contribution in [1.82, 2.24) is 0 Å². The van der Waals surface area contributed by atoms with E-state index < -0.39 is 11.6 Å². The van der Waals surface area contributed by atoms with Crippen molar-refractivity contribution in [2.75, 3.05) is 26.6 Å². The number of hydrogen-bond acceptors (Lipinski definition) is 8. The fraction of sp³-hybridized carbons (Fsp3) is 0.304. The third-order valence-electron chi connectivity index (χ3n) is 5.29. The SMILES string of the molecule is COC(=O)Cc1c(C)c2cc(CNc3ccc(OC)cc3OC)c(O)c(C)c2oc1=O. The number of esters is 1. The molecule has 0 bridgehead atoms. The molecule has 8 nitrogen and oxygen atoms in total. The number of fused-ring (bicyclic) bond motifs is 1. The van der Waals surface area contributed by atoms with E-state index in [1.54, 1.807) is 46.3 Å². The Labute approximate surface area is 179 Å². The highest BCUT2D eigenvalue weighted by Gasteiger charge is 2.19. The normalized spacial score (nSPS) is 10.7. The summed E-state index contributed by atoms with van der Waals surface area (Å²) in [6.45, 7) is 3.71. The summed E-state index contributed by atoms with van der Waals surface area (Å²) in [5, 5.41) is 14.6. The van der Waals surface area contributed by atoms with E-state index in [4.69, 9.17) is 13.9 Å². The number of carbonyl (C=O) groups is 1. The Morgan fingerprint density at radius 3 is 2.48 bits per heavy atom. The van der Waals surface area contributed by atoms with E-state index in [1.165, 1.54) is 7.11 Å². The van der Waals surface area contributed by atoms with E-state index in [-0.39, 0.29) is 24.3 Å². The molecule has 1 aromatic heterocycles. The number of hydrogen-bond donors (Lipinski definition) is 2. The lowest BCUT2D eigenvalue weighted by atomic mass is 9.98. The Morgan fingerprint density at radius 1 is 1.10 bits per heavy atom. The maximum atomic E-state index is 12.4. The Morgan fingerprint density at radius 2 is 1.84 bits per heavy atom. The number of aryl methyl sites for hydroxylation is 2. The van der Waals surface area contributed by atoms with Gasteiger partial charge in [-0.1, -0.05) is 0 Å². The van der Waals surface area contributed by atoms with Crippen LogP contribution in [0.2, 0.25) is 0 Å². The first kappa shape index (κ1) is 22.0. The van der Waals surface area contributed by atoms with Crippen molar-refractivity contribution in [3.05, 3.63) is 56.9 Å². The molecule has 2 N–H and O–H groups in total.